The van der Waals surface area contributed by atoms with E-state index in [1.807, 2.05) is 6.92 Å². The molecule has 0 radical (unpaired) electrons. The molecular formula is C16H27NO. The summed E-state index contributed by atoms with van der Waals surface area (Å²) < 4.78 is 0. The van der Waals surface area contributed by atoms with Gasteiger partial charge in [0, 0.05) is 12.6 Å². The van der Waals surface area contributed by atoms with Crippen LogP contribution in [0.3, 0.4) is 0 Å². The van der Waals surface area contributed by atoms with Crippen molar-refractivity contribution in [2.75, 3.05) is 6.54 Å². The Kier molecular flexibility index (Phi) is 5.36. The van der Waals surface area contributed by atoms with Gasteiger partial charge in [0.1, 0.15) is 0 Å². The van der Waals surface area contributed by atoms with Crippen LogP contribution in [-0.2, 0) is 0 Å². The molecule has 1 aromatic rings. The van der Waals surface area contributed by atoms with Crippen LogP contribution in [0, 0.1) is 13.8 Å². The number of benzene rings is 1. The summed E-state index contributed by atoms with van der Waals surface area (Å²) in [7, 11) is 0. The van der Waals surface area contributed by atoms with E-state index in [9.17, 15) is 5.11 Å². The fraction of sp³-hybridized carbons (Fsp3) is 0.625. The number of aryl methyl sites for hydroxylation is 2. The van der Waals surface area contributed by atoms with Crippen molar-refractivity contribution in [2.45, 2.75) is 59.1 Å². The Balaban J connectivity index is 2.65. The maximum absolute atomic E-state index is 10.2. The zero-order valence-corrected chi connectivity index (χ0v) is 12.4. The van der Waals surface area contributed by atoms with Crippen LogP contribution in [0.2, 0.25) is 0 Å². The second-order valence-corrected chi connectivity index (χ2v) is 5.71. The number of nitrogens with one attached hydrogen (secondary N) is 1. The van der Waals surface area contributed by atoms with Gasteiger partial charge in [-0.3, -0.25) is 0 Å². The van der Waals surface area contributed by atoms with E-state index < -0.39 is 5.60 Å². The van der Waals surface area contributed by atoms with Crippen LogP contribution in [0.1, 0.15) is 56.3 Å². The molecule has 18 heavy (non-hydrogen) atoms. The molecule has 0 amide bonds. The van der Waals surface area contributed by atoms with E-state index in [2.05, 4.69) is 51.2 Å². The molecule has 0 heterocycles. The third-order valence-corrected chi connectivity index (χ3v) is 3.48. The van der Waals surface area contributed by atoms with E-state index >= 15 is 0 Å². The van der Waals surface area contributed by atoms with Crippen molar-refractivity contribution < 1.29 is 5.11 Å². The van der Waals surface area contributed by atoms with Crippen LogP contribution >= 0.6 is 0 Å². The van der Waals surface area contributed by atoms with Gasteiger partial charge in [-0.15, -0.1) is 0 Å². The highest BCUT2D eigenvalue weighted by Gasteiger charge is 2.20. The molecule has 0 saturated carbocycles. The molecule has 0 aliphatic carbocycles. The number of aliphatic hydroxyl groups is 1. The maximum atomic E-state index is 10.2. The predicted molar refractivity (Wildman–Crippen MR) is 77.9 cm³/mol. The molecule has 2 N–H and O–H groups in total. The standard InChI is InChI=1S/C16H27NO/c1-6-9-16(5,18)11-17-14(4)15-10-12(2)7-8-13(15)3/h7-8,10,14,17-18H,6,9,11H2,1-5H3. The van der Waals surface area contributed by atoms with Crippen molar-refractivity contribution in [1.29, 1.82) is 0 Å². The summed E-state index contributed by atoms with van der Waals surface area (Å²) in [6.45, 7) is 11.0. The Bertz CT molecular complexity index is 385. The van der Waals surface area contributed by atoms with Crippen molar-refractivity contribution in [2.24, 2.45) is 0 Å². The van der Waals surface area contributed by atoms with Gasteiger partial charge in [0.05, 0.1) is 5.60 Å². The summed E-state index contributed by atoms with van der Waals surface area (Å²) in [6, 6.07) is 6.79. The molecule has 2 atom stereocenters. The molecule has 0 aliphatic heterocycles. The molecule has 2 heteroatoms. The predicted octanol–water partition coefficient (Wildman–Crippen LogP) is 3.51. The molecular weight excluding hydrogens is 222 g/mol. The Morgan fingerprint density at radius 3 is 2.61 bits per heavy atom. The zero-order chi connectivity index (χ0) is 13.8. The van der Waals surface area contributed by atoms with Gasteiger partial charge in [0.25, 0.3) is 0 Å². The minimum absolute atomic E-state index is 0.272. The molecule has 2 unspecified atom stereocenters. The Labute approximate surface area is 111 Å². The number of hydrogen-bond acceptors (Lipinski definition) is 2. The lowest BCUT2D eigenvalue weighted by atomic mass is 9.97. The normalized spacial score (nSPS) is 16.3. The van der Waals surface area contributed by atoms with E-state index in [0.29, 0.717) is 6.54 Å². The van der Waals surface area contributed by atoms with Crippen LogP contribution in [0.15, 0.2) is 18.2 Å². The minimum Gasteiger partial charge on any atom is -0.389 e. The smallest absolute Gasteiger partial charge is 0.0743 e. The summed E-state index contributed by atoms with van der Waals surface area (Å²) in [5.41, 5.74) is 3.29. The molecule has 1 rings (SSSR count). The van der Waals surface area contributed by atoms with E-state index in [1.165, 1.54) is 16.7 Å². The first-order valence-electron chi connectivity index (χ1n) is 6.88. The Morgan fingerprint density at radius 2 is 2.00 bits per heavy atom. The van der Waals surface area contributed by atoms with E-state index in [0.717, 1.165) is 12.8 Å². The monoisotopic (exact) mass is 249 g/mol. The molecule has 0 aliphatic rings. The van der Waals surface area contributed by atoms with E-state index in [-0.39, 0.29) is 6.04 Å². The highest BCUT2D eigenvalue weighted by atomic mass is 16.3. The van der Waals surface area contributed by atoms with Crippen molar-refractivity contribution in [1.82, 2.24) is 5.32 Å². The summed E-state index contributed by atoms with van der Waals surface area (Å²) >= 11 is 0. The summed E-state index contributed by atoms with van der Waals surface area (Å²) in [5.74, 6) is 0. The van der Waals surface area contributed by atoms with Crippen LogP contribution in [0.4, 0.5) is 0 Å². The van der Waals surface area contributed by atoms with Gasteiger partial charge in [-0.25, -0.2) is 0 Å². The molecule has 1 aromatic carbocycles. The molecule has 0 bridgehead atoms. The van der Waals surface area contributed by atoms with Gasteiger partial charge in [0.2, 0.25) is 0 Å². The SMILES string of the molecule is CCCC(C)(O)CNC(C)c1cc(C)ccc1C. The quantitative estimate of drug-likeness (QED) is 0.808. The fourth-order valence-electron chi connectivity index (χ4n) is 2.34. The molecule has 0 saturated heterocycles. The summed E-state index contributed by atoms with van der Waals surface area (Å²) in [6.07, 6.45) is 1.84. The van der Waals surface area contributed by atoms with E-state index in [4.69, 9.17) is 0 Å². The second-order valence-electron chi connectivity index (χ2n) is 5.71. The fourth-order valence-corrected chi connectivity index (χ4v) is 2.34. The molecule has 0 fully saturated rings. The number of hydrogen-bond donors (Lipinski definition) is 2. The lowest BCUT2D eigenvalue weighted by Crippen LogP contribution is -2.38. The van der Waals surface area contributed by atoms with Crippen molar-refractivity contribution in [3.8, 4) is 0 Å². The maximum Gasteiger partial charge on any atom is 0.0743 e. The first kappa shape index (κ1) is 15.2. The van der Waals surface area contributed by atoms with Crippen molar-refractivity contribution in [3.05, 3.63) is 34.9 Å². The highest BCUT2D eigenvalue weighted by Crippen LogP contribution is 2.20. The number of rotatable bonds is 6. The third kappa shape index (κ3) is 4.43. The molecule has 102 valence electrons. The minimum atomic E-state index is -0.610. The average molecular weight is 249 g/mol. The summed E-state index contributed by atoms with van der Waals surface area (Å²) in [5, 5.41) is 13.6. The van der Waals surface area contributed by atoms with Crippen LogP contribution in [0.25, 0.3) is 0 Å². The average Bonchev–Trinajstić information content (AvgIpc) is 2.29. The Hall–Kier alpha value is -0.860. The first-order chi connectivity index (χ1) is 8.35. The van der Waals surface area contributed by atoms with Crippen LogP contribution in [-0.4, -0.2) is 17.3 Å². The van der Waals surface area contributed by atoms with Gasteiger partial charge in [0.15, 0.2) is 0 Å². The lowest BCUT2D eigenvalue weighted by Gasteiger charge is -2.26. The summed E-state index contributed by atoms with van der Waals surface area (Å²) in [4.78, 5) is 0. The van der Waals surface area contributed by atoms with Crippen molar-refractivity contribution in [3.63, 3.8) is 0 Å². The third-order valence-electron chi connectivity index (χ3n) is 3.48. The first-order valence-corrected chi connectivity index (χ1v) is 6.88. The van der Waals surface area contributed by atoms with Gasteiger partial charge in [-0.05, 0) is 45.2 Å². The van der Waals surface area contributed by atoms with Gasteiger partial charge in [-0.2, -0.15) is 0 Å². The van der Waals surface area contributed by atoms with Gasteiger partial charge >= 0.3 is 0 Å². The van der Waals surface area contributed by atoms with E-state index in [1.54, 1.807) is 0 Å². The second kappa shape index (κ2) is 6.35. The largest absolute Gasteiger partial charge is 0.389 e. The van der Waals surface area contributed by atoms with Gasteiger partial charge < -0.3 is 10.4 Å². The van der Waals surface area contributed by atoms with Crippen LogP contribution in [0.5, 0.6) is 0 Å². The molecule has 0 aromatic heterocycles. The topological polar surface area (TPSA) is 32.3 Å². The lowest BCUT2D eigenvalue weighted by molar-refractivity contribution is 0.0476. The molecule has 0 spiro atoms. The zero-order valence-electron chi connectivity index (χ0n) is 12.4. The highest BCUT2D eigenvalue weighted by molar-refractivity contribution is 5.32. The van der Waals surface area contributed by atoms with Gasteiger partial charge in [-0.1, -0.05) is 37.1 Å². The van der Waals surface area contributed by atoms with Crippen LogP contribution < -0.4 is 5.32 Å². The van der Waals surface area contributed by atoms with Crippen molar-refractivity contribution >= 4 is 0 Å². The molecule has 2 nitrogen and oxygen atoms in total. The Morgan fingerprint density at radius 1 is 1.33 bits per heavy atom.